The molecule has 1 aromatic heterocycles. The number of aromatic nitrogens is 1. The molecule has 1 fully saturated rings. The number of hydrogen-bond acceptors (Lipinski definition) is 5. The van der Waals surface area contributed by atoms with Crippen LogP contribution in [-0.2, 0) is 9.53 Å². The number of amides is 1. The third kappa shape index (κ3) is 2.65. The average Bonchev–Trinajstić information content (AvgIpc) is 2.80. The van der Waals surface area contributed by atoms with Crippen LogP contribution in [0.2, 0.25) is 0 Å². The van der Waals surface area contributed by atoms with Gasteiger partial charge in [-0.3, -0.25) is 9.59 Å². The summed E-state index contributed by atoms with van der Waals surface area (Å²) in [7, 11) is 1.23. The Hall–Kier alpha value is -2.15. The lowest BCUT2D eigenvalue weighted by atomic mass is 10.2. The van der Waals surface area contributed by atoms with E-state index in [4.69, 9.17) is 0 Å². The number of likely N-dealkylation sites (tertiary alicyclic amines) is 1. The first-order valence-corrected chi connectivity index (χ1v) is 5.78. The first-order valence-electron chi connectivity index (χ1n) is 5.78. The molecule has 0 saturated carbocycles. The van der Waals surface area contributed by atoms with E-state index in [-0.39, 0.29) is 24.1 Å². The van der Waals surface area contributed by atoms with Crippen LogP contribution in [0.15, 0.2) is 23.1 Å². The molecule has 2 unspecified atom stereocenters. The fourth-order valence-corrected chi connectivity index (χ4v) is 2.11. The van der Waals surface area contributed by atoms with Crippen molar-refractivity contribution in [3.05, 3.63) is 34.2 Å². The standard InChI is InChI=1S/C12H14N2O5/c1-19-12(18)9-4-8(15)6-14(9)11(17)7-2-3-10(16)13-5-7/h2-3,5,8-9,15H,4,6H2,1H3,(H,13,16). The Morgan fingerprint density at radius 1 is 1.47 bits per heavy atom. The third-order valence-electron chi connectivity index (χ3n) is 3.04. The summed E-state index contributed by atoms with van der Waals surface area (Å²) in [5, 5.41) is 9.59. The number of β-amino-alcohol motifs (C(OH)–C–C–N with tert-alkyl or cyclic N) is 1. The molecule has 102 valence electrons. The number of aliphatic hydroxyl groups is 1. The summed E-state index contributed by atoms with van der Waals surface area (Å²) in [6, 6.07) is 1.81. The molecule has 2 heterocycles. The van der Waals surface area contributed by atoms with E-state index < -0.39 is 24.0 Å². The lowest BCUT2D eigenvalue weighted by molar-refractivity contribution is -0.145. The van der Waals surface area contributed by atoms with E-state index in [1.165, 1.54) is 30.3 Å². The number of aliphatic hydroxyl groups excluding tert-OH is 1. The largest absolute Gasteiger partial charge is 0.467 e. The van der Waals surface area contributed by atoms with Gasteiger partial charge in [-0.2, -0.15) is 0 Å². The molecular weight excluding hydrogens is 252 g/mol. The van der Waals surface area contributed by atoms with Gasteiger partial charge in [0.1, 0.15) is 6.04 Å². The van der Waals surface area contributed by atoms with Gasteiger partial charge in [-0.1, -0.05) is 0 Å². The smallest absolute Gasteiger partial charge is 0.328 e. The molecule has 1 amide bonds. The number of nitrogens with one attached hydrogen (secondary N) is 1. The van der Waals surface area contributed by atoms with Crippen molar-refractivity contribution in [1.29, 1.82) is 0 Å². The van der Waals surface area contributed by atoms with E-state index in [9.17, 15) is 19.5 Å². The van der Waals surface area contributed by atoms with Crippen molar-refractivity contribution in [3.8, 4) is 0 Å². The molecule has 2 atom stereocenters. The highest BCUT2D eigenvalue weighted by molar-refractivity contribution is 5.97. The van der Waals surface area contributed by atoms with Gasteiger partial charge in [-0.25, -0.2) is 4.79 Å². The van der Waals surface area contributed by atoms with Gasteiger partial charge in [0.05, 0.1) is 18.8 Å². The Balaban J connectivity index is 2.23. The normalized spacial score (nSPS) is 22.3. The second-order valence-electron chi connectivity index (χ2n) is 4.33. The maximum absolute atomic E-state index is 12.2. The SMILES string of the molecule is COC(=O)C1CC(O)CN1C(=O)c1ccc(=O)[nH]c1. The first-order chi connectivity index (χ1) is 9.02. The molecule has 2 rings (SSSR count). The summed E-state index contributed by atoms with van der Waals surface area (Å²) < 4.78 is 4.62. The zero-order valence-electron chi connectivity index (χ0n) is 10.3. The summed E-state index contributed by atoms with van der Waals surface area (Å²) in [6.45, 7) is 0.0672. The second kappa shape index (κ2) is 5.23. The van der Waals surface area contributed by atoms with Crippen molar-refractivity contribution in [1.82, 2.24) is 9.88 Å². The van der Waals surface area contributed by atoms with Crippen molar-refractivity contribution in [2.24, 2.45) is 0 Å². The van der Waals surface area contributed by atoms with Crippen LogP contribution < -0.4 is 5.56 Å². The van der Waals surface area contributed by atoms with Gasteiger partial charge in [-0.05, 0) is 6.07 Å². The molecule has 7 heteroatoms. The van der Waals surface area contributed by atoms with Crippen LogP contribution in [0.4, 0.5) is 0 Å². The van der Waals surface area contributed by atoms with Crippen LogP contribution in [0.3, 0.4) is 0 Å². The van der Waals surface area contributed by atoms with Crippen LogP contribution >= 0.6 is 0 Å². The molecule has 0 spiro atoms. The summed E-state index contributed by atoms with van der Waals surface area (Å²) in [5.74, 6) is -0.988. The fourth-order valence-electron chi connectivity index (χ4n) is 2.11. The number of hydrogen-bond donors (Lipinski definition) is 2. The van der Waals surface area contributed by atoms with Crippen LogP contribution in [0.1, 0.15) is 16.8 Å². The topological polar surface area (TPSA) is 99.7 Å². The van der Waals surface area contributed by atoms with Gasteiger partial charge in [0, 0.05) is 25.2 Å². The Labute approximate surface area is 108 Å². The molecule has 0 aromatic carbocycles. The van der Waals surface area contributed by atoms with Crippen molar-refractivity contribution < 1.29 is 19.4 Å². The molecule has 0 aliphatic carbocycles. The van der Waals surface area contributed by atoms with Crippen LogP contribution in [-0.4, -0.2) is 52.7 Å². The van der Waals surface area contributed by atoms with Gasteiger partial charge in [0.2, 0.25) is 5.56 Å². The highest BCUT2D eigenvalue weighted by atomic mass is 16.5. The van der Waals surface area contributed by atoms with Gasteiger partial charge >= 0.3 is 5.97 Å². The zero-order valence-corrected chi connectivity index (χ0v) is 10.3. The Morgan fingerprint density at radius 3 is 2.79 bits per heavy atom. The molecule has 0 radical (unpaired) electrons. The average molecular weight is 266 g/mol. The number of rotatable bonds is 2. The van der Waals surface area contributed by atoms with E-state index in [1.807, 2.05) is 0 Å². The third-order valence-corrected chi connectivity index (χ3v) is 3.04. The van der Waals surface area contributed by atoms with Gasteiger partial charge in [0.15, 0.2) is 0 Å². The molecule has 1 aliphatic heterocycles. The molecule has 19 heavy (non-hydrogen) atoms. The summed E-state index contributed by atoms with van der Waals surface area (Å²) in [6.07, 6.45) is 0.682. The number of esters is 1. The number of methoxy groups -OCH3 is 1. The van der Waals surface area contributed by atoms with Gasteiger partial charge in [-0.15, -0.1) is 0 Å². The molecule has 1 aliphatic rings. The van der Waals surface area contributed by atoms with Crippen molar-refractivity contribution in [2.45, 2.75) is 18.6 Å². The van der Waals surface area contributed by atoms with E-state index >= 15 is 0 Å². The number of nitrogens with zero attached hydrogens (tertiary/aromatic N) is 1. The number of aromatic amines is 1. The Bertz CT molecular complexity index is 533. The minimum atomic E-state index is -0.792. The number of ether oxygens (including phenoxy) is 1. The van der Waals surface area contributed by atoms with Crippen LogP contribution in [0.5, 0.6) is 0 Å². The lowest BCUT2D eigenvalue weighted by Gasteiger charge is -2.22. The number of carbonyl (C=O) groups is 2. The number of carbonyl (C=O) groups excluding carboxylic acids is 2. The van der Waals surface area contributed by atoms with E-state index in [1.54, 1.807) is 0 Å². The molecule has 1 saturated heterocycles. The summed E-state index contributed by atoms with van der Waals surface area (Å²) in [4.78, 5) is 38.4. The predicted octanol–water partition coefficient (Wildman–Crippen LogP) is -0.877. The lowest BCUT2D eigenvalue weighted by Crippen LogP contribution is -2.41. The Morgan fingerprint density at radius 2 is 2.21 bits per heavy atom. The highest BCUT2D eigenvalue weighted by Crippen LogP contribution is 2.21. The fraction of sp³-hybridized carbons (Fsp3) is 0.417. The summed E-state index contributed by atoms with van der Waals surface area (Å²) in [5.41, 5.74) is -0.0647. The predicted molar refractivity (Wildman–Crippen MR) is 64.5 cm³/mol. The van der Waals surface area contributed by atoms with E-state index in [0.717, 1.165) is 0 Å². The number of pyridine rings is 1. The molecule has 1 aromatic rings. The molecule has 7 nitrogen and oxygen atoms in total. The van der Waals surface area contributed by atoms with Crippen LogP contribution in [0.25, 0.3) is 0 Å². The maximum atomic E-state index is 12.2. The van der Waals surface area contributed by atoms with Crippen molar-refractivity contribution in [2.75, 3.05) is 13.7 Å². The van der Waals surface area contributed by atoms with Crippen molar-refractivity contribution >= 4 is 11.9 Å². The first kappa shape index (κ1) is 13.3. The second-order valence-corrected chi connectivity index (χ2v) is 4.33. The summed E-state index contributed by atoms with van der Waals surface area (Å²) >= 11 is 0. The van der Waals surface area contributed by atoms with E-state index in [0.29, 0.717) is 0 Å². The van der Waals surface area contributed by atoms with Gasteiger partial charge in [0.25, 0.3) is 5.91 Å². The monoisotopic (exact) mass is 266 g/mol. The molecule has 0 bridgehead atoms. The number of H-pyrrole nitrogens is 1. The van der Waals surface area contributed by atoms with Crippen molar-refractivity contribution in [3.63, 3.8) is 0 Å². The van der Waals surface area contributed by atoms with E-state index in [2.05, 4.69) is 9.72 Å². The minimum absolute atomic E-state index is 0.0672. The maximum Gasteiger partial charge on any atom is 0.328 e. The highest BCUT2D eigenvalue weighted by Gasteiger charge is 2.39. The Kier molecular flexibility index (Phi) is 3.66. The minimum Gasteiger partial charge on any atom is -0.467 e. The van der Waals surface area contributed by atoms with Gasteiger partial charge < -0.3 is 19.7 Å². The molecule has 2 N–H and O–H groups in total. The molecular formula is C12H14N2O5. The quantitative estimate of drug-likeness (QED) is 0.677. The zero-order chi connectivity index (χ0) is 14.0. The van der Waals surface area contributed by atoms with Crippen LogP contribution in [0, 0.1) is 0 Å².